The minimum atomic E-state index is -0.503. The zero-order chi connectivity index (χ0) is 21.8. The maximum Gasteiger partial charge on any atom is 0.315 e. The fourth-order valence-electron chi connectivity index (χ4n) is 6.72. The molecule has 0 radical (unpaired) electrons. The fraction of sp³-hybridized carbons (Fsp3) is 0.654. The van der Waals surface area contributed by atoms with Gasteiger partial charge in [0.1, 0.15) is 12.0 Å². The molecule has 1 aromatic carbocycles. The van der Waals surface area contributed by atoms with Crippen LogP contribution in [0.5, 0.6) is 0 Å². The predicted octanol–water partition coefficient (Wildman–Crippen LogP) is 1.98. The van der Waals surface area contributed by atoms with Crippen LogP contribution in [0.25, 0.3) is 0 Å². The molecule has 0 unspecified atom stereocenters. The number of rotatable bonds is 3. The van der Waals surface area contributed by atoms with Crippen LogP contribution in [0.1, 0.15) is 38.7 Å². The highest BCUT2D eigenvalue weighted by Crippen LogP contribution is 2.55. The van der Waals surface area contributed by atoms with Crippen LogP contribution in [0.2, 0.25) is 0 Å². The molecular weight excluding hydrogens is 388 g/mol. The van der Waals surface area contributed by atoms with Gasteiger partial charge in [0.15, 0.2) is 0 Å². The summed E-state index contributed by atoms with van der Waals surface area (Å²) in [6, 6.07) is 8.70. The van der Waals surface area contributed by atoms with Crippen molar-refractivity contribution < 1.29 is 19.5 Å². The molecule has 5 rings (SSSR count). The second-order valence-corrected chi connectivity index (χ2v) is 10.6. The zero-order valence-electron chi connectivity index (χ0n) is 19.1. The molecule has 2 aliphatic carbocycles. The van der Waals surface area contributed by atoms with Crippen molar-refractivity contribution in [3.05, 3.63) is 41.5 Å². The first kappa shape index (κ1) is 21.0. The number of allylic oxidation sites excluding steroid dienone is 1. The molecule has 5 heteroatoms. The van der Waals surface area contributed by atoms with Gasteiger partial charge in [0.05, 0.1) is 38.8 Å². The summed E-state index contributed by atoms with van der Waals surface area (Å²) in [5.41, 5.74) is 3.68. The first-order chi connectivity index (χ1) is 14.9. The summed E-state index contributed by atoms with van der Waals surface area (Å²) in [7, 11) is 0. The predicted molar refractivity (Wildman–Crippen MR) is 121 cm³/mol. The number of piperazine rings is 1. The number of anilines is 1. The Morgan fingerprint density at radius 2 is 2.06 bits per heavy atom. The minimum absolute atomic E-state index is 0.0718. The summed E-state index contributed by atoms with van der Waals surface area (Å²) in [5.74, 6) is 0.0914. The first-order valence-electron chi connectivity index (χ1n) is 12.1. The average molecular weight is 426 g/mol. The van der Waals surface area contributed by atoms with Gasteiger partial charge >= 0.3 is 5.97 Å². The maximum absolute atomic E-state index is 12.9. The smallest absolute Gasteiger partial charge is 0.315 e. The van der Waals surface area contributed by atoms with Gasteiger partial charge in [-0.2, -0.15) is 0 Å². The van der Waals surface area contributed by atoms with Gasteiger partial charge in [-0.3, -0.25) is 4.79 Å². The highest BCUT2D eigenvalue weighted by molar-refractivity contribution is 5.76. The third-order valence-electron chi connectivity index (χ3n) is 8.92. The van der Waals surface area contributed by atoms with Crippen molar-refractivity contribution in [3.63, 3.8) is 0 Å². The summed E-state index contributed by atoms with van der Waals surface area (Å²) in [6.07, 6.45) is 4.64. The molecule has 1 saturated carbocycles. The topological polar surface area (TPSA) is 54.2 Å². The normalized spacial score (nSPS) is 38.3. The van der Waals surface area contributed by atoms with E-state index in [2.05, 4.69) is 56.0 Å². The summed E-state index contributed by atoms with van der Waals surface area (Å²) in [5, 5.41) is 11.5. The molecule has 5 nitrogen and oxygen atoms in total. The lowest BCUT2D eigenvalue weighted by atomic mass is 9.55. The van der Waals surface area contributed by atoms with Gasteiger partial charge in [0, 0.05) is 23.4 Å². The summed E-state index contributed by atoms with van der Waals surface area (Å²) >= 11 is 0. The standard InChI is InChI=1S/C26H36N2O3/c1-17-6-4-9-20(14-17)28-12-10-27(11-13-28)16-21-23-22(31-25(21)30)15-19-8-5-7-18(2)26(19,3)24(23)29/h4,6,8-9,14,18,21-24,29H,5,7,10-13,15-16H2,1-3H3/p+1/t18-,21-,22-,23-,24+,26-/m1/s1. The van der Waals surface area contributed by atoms with Crippen molar-refractivity contribution >= 4 is 11.7 Å². The van der Waals surface area contributed by atoms with Crippen LogP contribution in [-0.4, -0.2) is 56.0 Å². The van der Waals surface area contributed by atoms with Gasteiger partial charge in [-0.15, -0.1) is 0 Å². The Hall–Kier alpha value is -1.85. The second-order valence-electron chi connectivity index (χ2n) is 10.6. The number of fused-ring (bicyclic) bond motifs is 2. The molecule has 0 aromatic heterocycles. The molecule has 4 aliphatic rings. The van der Waals surface area contributed by atoms with Gasteiger partial charge < -0.3 is 19.6 Å². The van der Waals surface area contributed by atoms with Crippen molar-refractivity contribution in [2.75, 3.05) is 37.6 Å². The molecule has 3 fully saturated rings. The van der Waals surface area contributed by atoms with Crippen LogP contribution < -0.4 is 9.80 Å². The SMILES string of the molecule is Cc1cccc(N2CC[NH+](C[C@H]3C(=O)O[C@@H]4CC5=CCC[C@@H](C)[C@@]5(C)[C@@H](O)[C@@H]43)CC2)c1. The number of nitrogens with zero attached hydrogens (tertiary/aromatic N) is 1. The van der Waals surface area contributed by atoms with Crippen LogP contribution in [0.3, 0.4) is 0 Å². The van der Waals surface area contributed by atoms with E-state index in [4.69, 9.17) is 4.74 Å². The summed E-state index contributed by atoms with van der Waals surface area (Å²) in [4.78, 5) is 16.8. The van der Waals surface area contributed by atoms with Crippen LogP contribution >= 0.6 is 0 Å². The van der Waals surface area contributed by atoms with Gasteiger partial charge in [0.25, 0.3) is 0 Å². The third kappa shape index (κ3) is 3.50. The van der Waals surface area contributed by atoms with Crippen molar-refractivity contribution in [1.82, 2.24) is 0 Å². The van der Waals surface area contributed by atoms with Gasteiger partial charge in [-0.25, -0.2) is 0 Å². The molecule has 2 N–H and O–H groups in total. The number of benzene rings is 1. The highest BCUT2D eigenvalue weighted by atomic mass is 16.6. The van der Waals surface area contributed by atoms with Crippen LogP contribution in [0.15, 0.2) is 35.9 Å². The number of aryl methyl sites for hydroxylation is 1. The molecule has 0 bridgehead atoms. The Morgan fingerprint density at radius 1 is 1.29 bits per heavy atom. The number of carbonyl (C=O) groups excluding carboxylic acids is 1. The van der Waals surface area contributed by atoms with E-state index in [1.165, 1.54) is 21.7 Å². The number of ether oxygens (including phenoxy) is 1. The highest BCUT2D eigenvalue weighted by Gasteiger charge is 2.60. The summed E-state index contributed by atoms with van der Waals surface area (Å²) < 4.78 is 5.86. The molecule has 168 valence electrons. The number of nitrogens with one attached hydrogen (secondary N) is 1. The number of hydrogen-bond acceptors (Lipinski definition) is 4. The monoisotopic (exact) mass is 425 g/mol. The van der Waals surface area contributed by atoms with Crippen molar-refractivity contribution in [2.24, 2.45) is 23.2 Å². The van der Waals surface area contributed by atoms with Gasteiger partial charge in [-0.1, -0.05) is 37.6 Å². The van der Waals surface area contributed by atoms with Crippen molar-refractivity contribution in [3.8, 4) is 0 Å². The van der Waals surface area contributed by atoms with E-state index < -0.39 is 6.10 Å². The van der Waals surface area contributed by atoms with E-state index in [-0.39, 0.29) is 29.3 Å². The Bertz CT molecular complexity index is 875. The van der Waals surface area contributed by atoms with E-state index in [0.717, 1.165) is 52.0 Å². The maximum atomic E-state index is 12.9. The van der Waals surface area contributed by atoms with E-state index in [0.29, 0.717) is 5.92 Å². The average Bonchev–Trinajstić information content (AvgIpc) is 3.06. The molecule has 1 aromatic rings. The zero-order valence-corrected chi connectivity index (χ0v) is 19.1. The largest absolute Gasteiger partial charge is 0.461 e. The van der Waals surface area contributed by atoms with E-state index in [9.17, 15) is 9.90 Å². The molecule has 2 saturated heterocycles. The number of aliphatic hydroxyl groups excluding tert-OH is 1. The molecule has 2 aliphatic heterocycles. The number of quaternary nitrogens is 1. The molecule has 0 amide bonds. The molecule has 6 atom stereocenters. The lowest BCUT2D eigenvalue weighted by Gasteiger charge is -2.51. The van der Waals surface area contributed by atoms with Gasteiger partial charge in [0.2, 0.25) is 0 Å². The van der Waals surface area contributed by atoms with Gasteiger partial charge in [-0.05, 0) is 43.4 Å². The fourth-order valence-corrected chi connectivity index (χ4v) is 6.72. The lowest BCUT2D eigenvalue weighted by Crippen LogP contribution is -3.15. The minimum Gasteiger partial charge on any atom is -0.461 e. The lowest BCUT2D eigenvalue weighted by molar-refractivity contribution is -0.903. The number of hydrogen-bond donors (Lipinski definition) is 2. The number of aliphatic hydroxyl groups is 1. The van der Waals surface area contributed by atoms with Crippen molar-refractivity contribution in [2.45, 2.75) is 52.2 Å². The van der Waals surface area contributed by atoms with E-state index in [1.54, 1.807) is 0 Å². The quantitative estimate of drug-likeness (QED) is 0.575. The Kier molecular flexibility index (Phi) is 5.38. The molecular formula is C26H37N2O3+. The second kappa shape index (κ2) is 7.93. The van der Waals surface area contributed by atoms with Crippen LogP contribution in [0.4, 0.5) is 5.69 Å². The van der Waals surface area contributed by atoms with Crippen molar-refractivity contribution in [1.29, 1.82) is 0 Å². The van der Waals surface area contributed by atoms with E-state index in [1.807, 2.05) is 0 Å². The Balaban J connectivity index is 1.28. The summed E-state index contributed by atoms with van der Waals surface area (Å²) in [6.45, 7) is 11.4. The molecule has 2 heterocycles. The Labute approximate surface area is 186 Å². The van der Waals surface area contributed by atoms with E-state index >= 15 is 0 Å². The van der Waals surface area contributed by atoms with Crippen LogP contribution in [-0.2, 0) is 9.53 Å². The number of carbonyl (C=O) groups is 1. The molecule has 0 spiro atoms. The van der Waals surface area contributed by atoms with Crippen LogP contribution in [0, 0.1) is 30.1 Å². The first-order valence-corrected chi connectivity index (χ1v) is 12.1. The number of esters is 1. The Morgan fingerprint density at radius 3 is 2.81 bits per heavy atom. The third-order valence-corrected chi connectivity index (χ3v) is 8.92. The molecule has 31 heavy (non-hydrogen) atoms.